The van der Waals surface area contributed by atoms with E-state index < -0.39 is 16.1 Å². The van der Waals surface area contributed by atoms with Gasteiger partial charge in [0.05, 0.1) is 5.75 Å². The van der Waals surface area contributed by atoms with Gasteiger partial charge in [-0.1, -0.05) is 76.9 Å². The fourth-order valence-corrected chi connectivity index (χ4v) is 3.62. The molecule has 0 bridgehead atoms. The molecular weight excluding hydrogens is 385 g/mol. The van der Waals surface area contributed by atoms with Gasteiger partial charge in [0.2, 0.25) is 0 Å². The minimum Gasteiger partial charge on any atom is -0.346 e. The summed E-state index contributed by atoms with van der Waals surface area (Å²) >= 11 is 0. The first-order chi connectivity index (χ1) is 13.0. The molecule has 0 atom stereocenters. The van der Waals surface area contributed by atoms with Gasteiger partial charge in [-0.3, -0.25) is 4.79 Å². The Kier molecular flexibility index (Phi) is 23.6. The van der Waals surface area contributed by atoms with Crippen LogP contribution in [0.1, 0.15) is 103 Å². The van der Waals surface area contributed by atoms with E-state index in [0.29, 0.717) is 6.42 Å². The third-order valence-corrected chi connectivity index (χ3v) is 5.66. The Morgan fingerprint density at radius 2 is 1.29 bits per heavy atom. The fraction of sp³-hybridized carbons (Fsp3) is 0.857. The topological polar surface area (TPSA) is 86.5 Å². The average Bonchev–Trinajstić information content (AvgIpc) is 2.60. The molecule has 0 aromatic heterocycles. The smallest absolute Gasteiger partial charge is 0.322 e. The number of hydrogen-bond donors (Lipinski definition) is 1. The molecule has 1 radical (unpaired) electrons. The van der Waals surface area contributed by atoms with Crippen LogP contribution in [0.2, 0.25) is 0 Å². The monoisotopic (exact) mass is 426 g/mol. The largest absolute Gasteiger partial charge is 0.346 e. The second-order valence-electron chi connectivity index (χ2n) is 7.19. The standard InChI is InChI=1S/C21H41NO4S.Na/c1-2-3-4-5-6-7-8-9-10-11-12-13-14-15-16-17-18-21(23)26-27(24,25)20-19-22;/h10-11H,2-9,12-20,22H2,1H3;/b11-10-;. The van der Waals surface area contributed by atoms with Crippen LogP contribution in [0.25, 0.3) is 0 Å². The molecule has 0 rings (SSSR count). The van der Waals surface area contributed by atoms with Crippen molar-refractivity contribution < 1.29 is 17.4 Å². The van der Waals surface area contributed by atoms with Crippen molar-refractivity contribution in [3.05, 3.63) is 12.2 Å². The molecule has 5 nitrogen and oxygen atoms in total. The van der Waals surface area contributed by atoms with Gasteiger partial charge in [-0.25, -0.2) is 0 Å². The summed E-state index contributed by atoms with van der Waals surface area (Å²) in [6.45, 7) is 2.21. The Balaban J connectivity index is 0. The minimum atomic E-state index is -3.78. The van der Waals surface area contributed by atoms with E-state index in [4.69, 9.17) is 5.73 Å². The molecule has 0 aliphatic rings. The van der Waals surface area contributed by atoms with Crippen LogP contribution < -0.4 is 5.73 Å². The van der Waals surface area contributed by atoms with Crippen molar-refractivity contribution in [2.24, 2.45) is 5.73 Å². The number of hydrogen-bond acceptors (Lipinski definition) is 5. The van der Waals surface area contributed by atoms with E-state index >= 15 is 0 Å². The molecule has 28 heavy (non-hydrogen) atoms. The predicted octanol–water partition coefficient (Wildman–Crippen LogP) is 4.86. The Bertz CT molecular complexity index is 481. The third-order valence-electron chi connectivity index (χ3n) is 4.48. The number of nitrogens with two attached hydrogens (primary N) is 1. The van der Waals surface area contributed by atoms with Gasteiger partial charge in [0, 0.05) is 42.5 Å². The normalized spacial score (nSPS) is 11.5. The van der Waals surface area contributed by atoms with Crippen molar-refractivity contribution in [2.45, 2.75) is 103 Å². The summed E-state index contributed by atoms with van der Waals surface area (Å²) in [7, 11) is -3.78. The van der Waals surface area contributed by atoms with Crippen LogP contribution >= 0.6 is 0 Å². The molecule has 2 N–H and O–H groups in total. The molecule has 0 aromatic carbocycles. The predicted molar refractivity (Wildman–Crippen MR) is 119 cm³/mol. The van der Waals surface area contributed by atoms with Crippen molar-refractivity contribution in [1.29, 1.82) is 0 Å². The number of rotatable bonds is 19. The Hall–Kier alpha value is 0.120. The van der Waals surface area contributed by atoms with Crippen LogP contribution in [0, 0.1) is 0 Å². The van der Waals surface area contributed by atoms with E-state index in [1.54, 1.807) is 0 Å². The maximum Gasteiger partial charge on any atom is 0.322 e. The molecule has 0 unspecified atom stereocenters. The van der Waals surface area contributed by atoms with Crippen LogP contribution in [-0.4, -0.2) is 56.2 Å². The summed E-state index contributed by atoms with van der Waals surface area (Å²) in [5.74, 6) is -0.984. The first-order valence-corrected chi connectivity index (χ1v) is 12.4. The van der Waals surface area contributed by atoms with Gasteiger partial charge < -0.3 is 9.92 Å². The zero-order chi connectivity index (χ0) is 20.2. The zero-order valence-corrected chi connectivity index (χ0v) is 21.1. The number of carbonyl (C=O) groups excluding carboxylic acids is 1. The van der Waals surface area contributed by atoms with Gasteiger partial charge in [-0.05, 0) is 32.1 Å². The molecule has 7 heteroatoms. The summed E-state index contributed by atoms with van der Waals surface area (Å²) in [4.78, 5) is 11.4. The van der Waals surface area contributed by atoms with E-state index in [0.717, 1.165) is 25.7 Å². The van der Waals surface area contributed by atoms with E-state index in [1.165, 1.54) is 57.8 Å². The summed E-state index contributed by atoms with van der Waals surface area (Å²) in [5.41, 5.74) is 5.16. The van der Waals surface area contributed by atoms with Crippen molar-refractivity contribution >= 4 is 45.6 Å². The van der Waals surface area contributed by atoms with Crippen LogP contribution in [0.5, 0.6) is 0 Å². The van der Waals surface area contributed by atoms with Gasteiger partial charge >= 0.3 is 16.1 Å². The van der Waals surface area contributed by atoms with E-state index in [2.05, 4.69) is 23.3 Å². The average molecular weight is 427 g/mol. The Labute approximate surface area is 195 Å². The summed E-state index contributed by atoms with van der Waals surface area (Å²) in [6, 6.07) is 0. The molecule has 0 aliphatic heterocycles. The van der Waals surface area contributed by atoms with Gasteiger partial charge in [0.15, 0.2) is 0 Å². The fourth-order valence-electron chi connectivity index (χ4n) is 2.89. The van der Waals surface area contributed by atoms with E-state index in [9.17, 15) is 13.2 Å². The number of allylic oxidation sites excluding steroid dienone is 2. The molecule has 0 aromatic rings. The van der Waals surface area contributed by atoms with Gasteiger partial charge in [0.25, 0.3) is 0 Å². The Morgan fingerprint density at radius 3 is 1.79 bits per heavy atom. The van der Waals surface area contributed by atoms with Crippen molar-refractivity contribution in [2.75, 3.05) is 12.3 Å². The van der Waals surface area contributed by atoms with Crippen LogP contribution in [0.4, 0.5) is 0 Å². The van der Waals surface area contributed by atoms with Gasteiger partial charge in [0.1, 0.15) is 0 Å². The molecule has 161 valence electrons. The first kappa shape index (κ1) is 30.3. The van der Waals surface area contributed by atoms with Crippen LogP contribution in [0.15, 0.2) is 12.2 Å². The summed E-state index contributed by atoms with van der Waals surface area (Å²) < 4.78 is 27.0. The van der Waals surface area contributed by atoms with Crippen LogP contribution in [-0.2, 0) is 19.1 Å². The molecule has 0 aliphatic carbocycles. The number of unbranched alkanes of at least 4 members (excludes halogenated alkanes) is 12. The molecule has 0 fully saturated rings. The summed E-state index contributed by atoms with van der Waals surface area (Å²) in [6.07, 6.45) is 21.5. The SMILES string of the molecule is CCCCCCCCC/C=C\CCCCCCCC(=O)OS(=O)(=O)CCN.[Na]. The minimum absolute atomic E-state index is 0. The molecule has 0 amide bonds. The second kappa shape index (κ2) is 21.8. The molecule has 0 saturated carbocycles. The molecule has 0 spiro atoms. The third kappa shape index (κ3) is 22.4. The van der Waals surface area contributed by atoms with Crippen LogP contribution in [0.3, 0.4) is 0 Å². The Morgan fingerprint density at radius 1 is 0.821 bits per heavy atom. The quantitative estimate of drug-likeness (QED) is 0.138. The maximum atomic E-state index is 11.4. The van der Waals surface area contributed by atoms with Crippen molar-refractivity contribution in [3.63, 3.8) is 0 Å². The summed E-state index contributed by atoms with van der Waals surface area (Å²) in [5, 5.41) is 0. The van der Waals surface area contributed by atoms with Gasteiger partial charge in [-0.15, -0.1) is 0 Å². The van der Waals surface area contributed by atoms with Gasteiger partial charge in [-0.2, -0.15) is 8.42 Å². The number of carbonyl (C=O) groups is 1. The first-order valence-electron chi connectivity index (χ1n) is 10.8. The molecule has 0 saturated heterocycles. The van der Waals surface area contributed by atoms with E-state index in [1.807, 2.05) is 0 Å². The second-order valence-corrected chi connectivity index (χ2v) is 8.88. The van der Waals surface area contributed by atoms with E-state index in [-0.39, 0.29) is 48.3 Å². The maximum absolute atomic E-state index is 11.4. The van der Waals surface area contributed by atoms with Crippen molar-refractivity contribution in [3.8, 4) is 0 Å². The van der Waals surface area contributed by atoms with Crippen molar-refractivity contribution in [1.82, 2.24) is 0 Å². The molecular formula is C21H41NNaO4S. The molecule has 0 heterocycles. The zero-order valence-electron chi connectivity index (χ0n) is 18.3.